The molecule has 0 saturated carbocycles. The van der Waals surface area contributed by atoms with E-state index < -0.39 is 0 Å². The van der Waals surface area contributed by atoms with Crippen LogP contribution in [0.1, 0.15) is 105 Å². The van der Waals surface area contributed by atoms with Crippen LogP contribution < -0.4 is 0 Å². The van der Waals surface area contributed by atoms with Crippen LogP contribution >= 0.6 is 11.3 Å². The van der Waals surface area contributed by atoms with Crippen molar-refractivity contribution in [1.82, 2.24) is 29.1 Å². The van der Waals surface area contributed by atoms with Crippen LogP contribution in [0.15, 0.2) is 182 Å². The Morgan fingerprint density at radius 1 is 0.354 bits per heavy atom. The fourth-order valence-electron chi connectivity index (χ4n) is 11.6. The minimum absolute atomic E-state index is 0.116. The molecule has 79 heavy (non-hydrogen) atoms. The first-order chi connectivity index (χ1) is 37.7. The lowest BCUT2D eigenvalue weighted by Gasteiger charge is -2.26. The van der Waals surface area contributed by atoms with E-state index in [-0.39, 0.29) is 21.7 Å². The maximum atomic E-state index is 5.58. The molecular formula is C72H66N6S. The number of aromatic nitrogens is 6. The number of hydrogen-bond acceptors (Lipinski definition) is 5. The lowest BCUT2D eigenvalue weighted by atomic mass is 9.79. The summed E-state index contributed by atoms with van der Waals surface area (Å²) in [6, 6.07) is 62.7. The minimum atomic E-state index is -0.116. The quantitative estimate of drug-likeness (QED) is 0.166. The van der Waals surface area contributed by atoms with E-state index in [2.05, 4.69) is 262 Å². The molecule has 5 heterocycles. The molecule has 6 nitrogen and oxygen atoms in total. The molecule has 13 aromatic rings. The molecule has 0 amide bonds. The van der Waals surface area contributed by atoms with Crippen molar-refractivity contribution in [3.05, 3.63) is 205 Å². The van der Waals surface area contributed by atoms with Gasteiger partial charge in [0, 0.05) is 81.9 Å². The van der Waals surface area contributed by atoms with Crippen LogP contribution in [-0.2, 0) is 21.7 Å². The molecule has 0 fully saturated rings. The zero-order valence-electron chi connectivity index (χ0n) is 47.4. The third-order valence-electron chi connectivity index (χ3n) is 16.1. The highest BCUT2D eigenvalue weighted by Crippen LogP contribution is 2.47. The summed E-state index contributed by atoms with van der Waals surface area (Å²) in [5, 5.41) is 7.43. The molecule has 0 saturated heterocycles. The Morgan fingerprint density at radius 3 is 1.33 bits per heavy atom. The van der Waals surface area contributed by atoms with Gasteiger partial charge in [0.1, 0.15) is 0 Å². The number of thiophene rings is 1. The van der Waals surface area contributed by atoms with Crippen molar-refractivity contribution in [1.29, 1.82) is 0 Å². The Bertz CT molecular complexity index is 4380. The van der Waals surface area contributed by atoms with Crippen molar-refractivity contribution in [2.45, 2.75) is 105 Å². The normalized spacial score (nSPS) is 12.8. The molecule has 13 rings (SSSR count). The molecule has 0 spiro atoms. The van der Waals surface area contributed by atoms with Gasteiger partial charge < -0.3 is 9.13 Å². The van der Waals surface area contributed by atoms with Crippen LogP contribution in [0.3, 0.4) is 0 Å². The number of hydrogen-bond donors (Lipinski definition) is 0. The lowest BCUT2D eigenvalue weighted by molar-refractivity contribution is 0.568. The Labute approximate surface area is 467 Å². The lowest BCUT2D eigenvalue weighted by Crippen LogP contribution is -2.17. The highest BCUT2D eigenvalue weighted by atomic mass is 32.1. The van der Waals surface area contributed by atoms with E-state index in [0.29, 0.717) is 17.5 Å². The maximum Gasteiger partial charge on any atom is 0.164 e. The molecule has 390 valence electrons. The molecule has 0 unspecified atom stereocenters. The maximum absolute atomic E-state index is 5.58. The van der Waals surface area contributed by atoms with Crippen molar-refractivity contribution in [2.24, 2.45) is 0 Å². The molecule has 0 aliphatic heterocycles. The number of rotatable bonds is 6. The molecule has 0 atom stereocenters. The minimum Gasteiger partial charge on any atom is -0.309 e. The van der Waals surface area contributed by atoms with Crippen LogP contribution in [0, 0.1) is 0 Å². The summed E-state index contributed by atoms with van der Waals surface area (Å²) in [7, 11) is 0. The monoisotopic (exact) mass is 1050 g/mol. The summed E-state index contributed by atoms with van der Waals surface area (Å²) in [6.07, 6.45) is 3.96. The summed E-state index contributed by atoms with van der Waals surface area (Å²) >= 11 is 1.88. The van der Waals surface area contributed by atoms with Gasteiger partial charge in [-0.25, -0.2) is 15.0 Å². The second-order valence-corrected chi connectivity index (χ2v) is 26.7. The first kappa shape index (κ1) is 50.3. The summed E-state index contributed by atoms with van der Waals surface area (Å²) in [5.41, 5.74) is 15.9. The molecule has 7 heteroatoms. The largest absolute Gasteiger partial charge is 0.309 e. The van der Waals surface area contributed by atoms with Gasteiger partial charge in [0.15, 0.2) is 17.5 Å². The smallest absolute Gasteiger partial charge is 0.164 e. The van der Waals surface area contributed by atoms with Gasteiger partial charge in [0.2, 0.25) is 0 Å². The molecule has 0 aliphatic carbocycles. The third kappa shape index (κ3) is 8.61. The molecule has 8 aromatic carbocycles. The fourth-order valence-corrected chi connectivity index (χ4v) is 12.8. The van der Waals surface area contributed by atoms with E-state index in [9.17, 15) is 0 Å². The van der Waals surface area contributed by atoms with E-state index >= 15 is 0 Å². The van der Waals surface area contributed by atoms with Gasteiger partial charge >= 0.3 is 0 Å². The van der Waals surface area contributed by atoms with Gasteiger partial charge in [-0.05, 0) is 123 Å². The third-order valence-corrected chi connectivity index (χ3v) is 17.3. The second-order valence-electron chi connectivity index (χ2n) is 25.7. The van der Waals surface area contributed by atoms with Gasteiger partial charge in [-0.1, -0.05) is 174 Å². The average Bonchev–Trinajstić information content (AvgIpc) is 4.33. The average molecular weight is 1050 g/mol. The number of pyridine rings is 1. The molecular weight excluding hydrogens is 981 g/mol. The predicted octanol–water partition coefficient (Wildman–Crippen LogP) is 19.7. The van der Waals surface area contributed by atoms with Gasteiger partial charge in [0.25, 0.3) is 0 Å². The predicted molar refractivity (Wildman–Crippen MR) is 336 cm³/mol. The Kier molecular flexibility index (Phi) is 11.5. The first-order valence-corrected chi connectivity index (χ1v) is 28.5. The van der Waals surface area contributed by atoms with Crippen molar-refractivity contribution < 1.29 is 0 Å². The molecule has 5 aromatic heterocycles. The van der Waals surface area contributed by atoms with Crippen LogP contribution in [0.2, 0.25) is 0 Å². The van der Waals surface area contributed by atoms with Crippen molar-refractivity contribution >= 4 is 75.1 Å². The van der Waals surface area contributed by atoms with Crippen LogP contribution in [0.4, 0.5) is 0 Å². The number of nitrogens with zero attached hydrogens (tertiary/aromatic N) is 6. The number of benzene rings is 8. The topological polar surface area (TPSA) is 61.4 Å². The van der Waals surface area contributed by atoms with Gasteiger partial charge in [0.05, 0.1) is 33.4 Å². The van der Waals surface area contributed by atoms with E-state index in [1.54, 1.807) is 0 Å². The van der Waals surface area contributed by atoms with Crippen molar-refractivity contribution in [3.8, 4) is 56.7 Å². The molecule has 0 aliphatic rings. The summed E-state index contributed by atoms with van der Waals surface area (Å²) < 4.78 is 7.46. The van der Waals surface area contributed by atoms with Crippen molar-refractivity contribution in [3.63, 3.8) is 0 Å². The van der Waals surface area contributed by atoms with Crippen LogP contribution in [-0.4, -0.2) is 29.1 Å². The Balaban J connectivity index is 1.13. The molecule has 0 N–H and O–H groups in total. The summed E-state index contributed by atoms with van der Waals surface area (Å²) in [4.78, 5) is 21.6. The fraction of sp³-hybridized carbons (Fsp3) is 0.222. The van der Waals surface area contributed by atoms with Crippen LogP contribution in [0.25, 0.3) is 120 Å². The van der Waals surface area contributed by atoms with E-state index in [1.807, 2.05) is 23.7 Å². The number of fused-ring (bicyclic) bond motifs is 10. The van der Waals surface area contributed by atoms with E-state index in [4.69, 9.17) is 19.9 Å². The van der Waals surface area contributed by atoms with Crippen LogP contribution in [0.5, 0.6) is 0 Å². The van der Waals surface area contributed by atoms with Gasteiger partial charge in [-0.15, -0.1) is 11.3 Å². The zero-order chi connectivity index (χ0) is 54.9. The van der Waals surface area contributed by atoms with Crippen molar-refractivity contribution in [2.75, 3.05) is 0 Å². The Hall–Kier alpha value is -8.26. The standard InChI is InChI=1S/C72H66N6S/c1-69(2,3)46-35-44(36-47(40-46)70(4,5)6)67-74-66(75-68(76-67)45-37-48(71(7,8)9)41-49(38-45)72(10,11)12)43-29-31-60(78-59-27-19-15-24-54(59)64-62(78)32-30-53-52-23-16-20-28-63(52)79-65(53)64)55(39-43)56-42-73-34-33-61(56)77-57-25-17-13-21-50(57)51-22-14-18-26-58(51)77/h13-42H,1-12H3. The molecule has 0 bridgehead atoms. The molecule has 0 radical (unpaired) electrons. The second kappa shape index (κ2) is 18.2. The first-order valence-electron chi connectivity index (χ1n) is 27.7. The van der Waals surface area contributed by atoms with Gasteiger partial charge in [-0.2, -0.15) is 0 Å². The van der Waals surface area contributed by atoms with Gasteiger partial charge in [-0.3, -0.25) is 4.98 Å². The highest BCUT2D eigenvalue weighted by molar-refractivity contribution is 7.26. The SMILES string of the molecule is CC(C)(C)c1cc(-c2nc(-c3cc(C(C)(C)C)cc(C(C)(C)C)c3)nc(-c3ccc(-n4c5ccccc5c5c6sc7ccccc7c6ccc54)c(-c4cnccc4-n4c5ccccc5c5ccccc54)c3)n2)cc(C(C)(C)C)c1. The number of para-hydroxylation sites is 3. The summed E-state index contributed by atoms with van der Waals surface area (Å²) in [6.45, 7) is 27.4. The summed E-state index contributed by atoms with van der Waals surface area (Å²) in [5.74, 6) is 1.88. The highest BCUT2D eigenvalue weighted by Gasteiger charge is 2.28. The zero-order valence-corrected chi connectivity index (χ0v) is 48.2. The van der Waals surface area contributed by atoms with E-state index in [1.165, 1.54) is 64.0 Å². The Morgan fingerprint density at radius 2 is 0.797 bits per heavy atom. The van der Waals surface area contributed by atoms with E-state index in [0.717, 1.165) is 61.3 Å².